The van der Waals surface area contributed by atoms with E-state index < -0.39 is 67.8 Å². The molecule has 0 bridgehead atoms. The highest BCUT2D eigenvalue weighted by molar-refractivity contribution is 7.55. The van der Waals surface area contributed by atoms with Gasteiger partial charge in [-0.25, -0.2) is 27.2 Å². The number of carbonyl (C=O) groups is 3. The molecule has 2 aromatic rings. The second-order valence-corrected chi connectivity index (χ2v) is 9.99. The maximum atomic E-state index is 15.0. The average molecular weight is 558 g/mol. The molecule has 2 aliphatic heterocycles. The average Bonchev–Trinajstić information content (AvgIpc) is 3.50. The first-order chi connectivity index (χ1) is 18.0. The van der Waals surface area contributed by atoms with Crippen LogP contribution in [0.5, 0.6) is 0 Å². The van der Waals surface area contributed by atoms with Gasteiger partial charge in [-0.3, -0.25) is 19.4 Å². The molecule has 1 aromatic heterocycles. The van der Waals surface area contributed by atoms with Crippen molar-refractivity contribution < 1.29 is 50.8 Å². The lowest BCUT2D eigenvalue weighted by Crippen LogP contribution is -2.34. The lowest BCUT2D eigenvalue weighted by molar-refractivity contribution is -0.134. The topological polar surface area (TPSA) is 143 Å². The summed E-state index contributed by atoms with van der Waals surface area (Å²) in [6.07, 6.45) is 1.08. The second kappa shape index (κ2) is 10.9. The first-order valence-electron chi connectivity index (χ1n) is 11.4. The smallest absolute Gasteiger partial charge is 0.442 e. The quantitative estimate of drug-likeness (QED) is 0.356. The van der Waals surface area contributed by atoms with Crippen molar-refractivity contribution in [1.29, 1.82) is 0 Å². The first-order valence-corrected chi connectivity index (χ1v) is 12.9. The monoisotopic (exact) mass is 558 g/mol. The number of ether oxygens (including phenoxy) is 1. The van der Waals surface area contributed by atoms with E-state index in [4.69, 9.17) is 9.26 Å². The van der Waals surface area contributed by atoms with Gasteiger partial charge in [0.1, 0.15) is 18.1 Å². The number of halogens is 3. The summed E-state index contributed by atoms with van der Waals surface area (Å²) in [5.41, 5.74) is -1.49. The molecule has 0 aliphatic carbocycles. The molecular formula is C22H22F3N4O8P. The van der Waals surface area contributed by atoms with Crippen molar-refractivity contribution in [3.63, 3.8) is 0 Å². The van der Waals surface area contributed by atoms with Crippen molar-refractivity contribution in [2.75, 3.05) is 34.1 Å². The predicted octanol–water partition coefficient (Wildman–Crippen LogP) is 3.66. The van der Waals surface area contributed by atoms with Crippen LogP contribution in [0, 0.1) is 17.5 Å². The Labute approximate surface area is 213 Å². The number of benzene rings is 1. The molecule has 16 heteroatoms. The van der Waals surface area contributed by atoms with E-state index in [2.05, 4.69) is 9.68 Å². The molecule has 1 saturated heterocycles. The number of rotatable bonds is 9. The predicted molar refractivity (Wildman–Crippen MR) is 125 cm³/mol. The van der Waals surface area contributed by atoms with Gasteiger partial charge in [-0.15, -0.1) is 0 Å². The van der Waals surface area contributed by atoms with Crippen LogP contribution in [0.1, 0.15) is 26.2 Å². The number of hydrogen-bond donors (Lipinski definition) is 1. The minimum absolute atomic E-state index is 0.0244. The highest BCUT2D eigenvalue weighted by atomic mass is 31.2. The summed E-state index contributed by atoms with van der Waals surface area (Å²) in [5, 5.41) is 3.55. The van der Waals surface area contributed by atoms with E-state index in [1.54, 1.807) is 6.92 Å². The van der Waals surface area contributed by atoms with Crippen LogP contribution in [0.25, 0.3) is 0 Å². The molecule has 38 heavy (non-hydrogen) atoms. The molecule has 2 atom stereocenters. The number of cyclic esters (lactones) is 1. The van der Waals surface area contributed by atoms with E-state index in [0.29, 0.717) is 22.1 Å². The van der Waals surface area contributed by atoms with Crippen molar-refractivity contribution in [1.82, 2.24) is 5.16 Å². The Balaban J connectivity index is 1.57. The molecular weight excluding hydrogens is 536 g/mol. The Morgan fingerprint density at radius 3 is 2.71 bits per heavy atom. The van der Waals surface area contributed by atoms with Crippen molar-refractivity contribution in [3.05, 3.63) is 48.1 Å². The molecule has 3 heterocycles. The first kappa shape index (κ1) is 27.2. The largest absolute Gasteiger partial charge is 0.490 e. The summed E-state index contributed by atoms with van der Waals surface area (Å²) in [4.78, 5) is 47.9. The Hall–Kier alpha value is -3.84. The Kier molecular flexibility index (Phi) is 7.78. The van der Waals surface area contributed by atoms with E-state index in [1.165, 1.54) is 6.07 Å². The van der Waals surface area contributed by atoms with Gasteiger partial charge in [0.15, 0.2) is 29.1 Å². The van der Waals surface area contributed by atoms with E-state index >= 15 is 4.39 Å². The fraction of sp³-hybridized carbons (Fsp3) is 0.364. The summed E-state index contributed by atoms with van der Waals surface area (Å²) in [5.74, 6) is -5.76. The number of amides is 1. The normalized spacial score (nSPS) is 18.9. The SMILES string of the molecule is CCCC(=O)OP(=O)(O)N(CC1CN(c2cc(F)c(N3C=CC(=O)CC3)c(F)c2F)C(=O)O1)c1ccon1. The van der Waals surface area contributed by atoms with Gasteiger partial charge in [-0.2, -0.15) is 0 Å². The maximum absolute atomic E-state index is 15.0. The molecule has 12 nitrogen and oxygen atoms in total. The van der Waals surface area contributed by atoms with Gasteiger partial charge in [0.25, 0.3) is 0 Å². The minimum atomic E-state index is -4.87. The second-order valence-electron chi connectivity index (χ2n) is 8.34. The third-order valence-corrected chi connectivity index (χ3v) is 7.07. The third kappa shape index (κ3) is 5.53. The summed E-state index contributed by atoms with van der Waals surface area (Å²) >= 11 is 0. The highest BCUT2D eigenvalue weighted by Crippen LogP contribution is 2.49. The number of ketones is 1. The summed E-state index contributed by atoms with van der Waals surface area (Å²) < 4.78 is 72.9. The van der Waals surface area contributed by atoms with Crippen LogP contribution < -0.4 is 14.5 Å². The van der Waals surface area contributed by atoms with Crippen LogP contribution in [0.2, 0.25) is 0 Å². The van der Waals surface area contributed by atoms with Gasteiger partial charge in [0.2, 0.25) is 0 Å². The van der Waals surface area contributed by atoms with Crippen molar-refractivity contribution in [2.24, 2.45) is 0 Å². The number of nitrogens with zero attached hydrogens (tertiary/aromatic N) is 4. The Morgan fingerprint density at radius 2 is 2.08 bits per heavy atom. The molecule has 1 N–H and O–H groups in total. The van der Waals surface area contributed by atoms with Gasteiger partial charge in [-0.05, 0) is 12.5 Å². The number of anilines is 3. The van der Waals surface area contributed by atoms with Crippen molar-refractivity contribution >= 4 is 42.8 Å². The Morgan fingerprint density at radius 1 is 1.32 bits per heavy atom. The van der Waals surface area contributed by atoms with E-state index in [-0.39, 0.29) is 31.0 Å². The zero-order valence-electron chi connectivity index (χ0n) is 19.9. The van der Waals surface area contributed by atoms with Crippen LogP contribution in [-0.2, 0) is 23.4 Å². The Bertz CT molecular complexity index is 1320. The molecule has 204 valence electrons. The standard InChI is InChI=1S/C22H22F3N4O8P/c1-2-3-18(31)37-38(33,34)29(17-6-9-35-26-17)12-14-11-28(22(32)36-14)16-10-15(23)21(20(25)19(16)24)27-7-4-13(30)5-8-27/h4,6-7,9-10,14H,2-3,5,8,11-12H2,1H3,(H,33,34). The fourth-order valence-corrected chi connectivity index (χ4v) is 5.09. The van der Waals surface area contributed by atoms with Crippen LogP contribution in [0.15, 0.2) is 35.2 Å². The zero-order chi connectivity index (χ0) is 27.6. The third-order valence-electron chi connectivity index (χ3n) is 5.65. The minimum Gasteiger partial charge on any atom is -0.442 e. The zero-order valence-corrected chi connectivity index (χ0v) is 20.8. The van der Waals surface area contributed by atoms with Crippen LogP contribution in [0.3, 0.4) is 0 Å². The van der Waals surface area contributed by atoms with Gasteiger partial charge in [-0.1, -0.05) is 12.1 Å². The lowest BCUT2D eigenvalue weighted by atomic mass is 10.1. The molecule has 1 fully saturated rings. The molecule has 0 saturated carbocycles. The van der Waals surface area contributed by atoms with Gasteiger partial charge in [0.05, 0.1) is 18.8 Å². The van der Waals surface area contributed by atoms with Crippen LogP contribution in [-0.4, -0.2) is 53.6 Å². The molecule has 4 rings (SSSR count). The number of carbonyl (C=O) groups excluding carboxylic acids is 3. The van der Waals surface area contributed by atoms with E-state index in [9.17, 15) is 32.6 Å². The van der Waals surface area contributed by atoms with Crippen LogP contribution in [0.4, 0.5) is 35.2 Å². The van der Waals surface area contributed by atoms with Gasteiger partial charge >= 0.3 is 19.8 Å². The van der Waals surface area contributed by atoms with E-state index in [1.807, 2.05) is 0 Å². The van der Waals surface area contributed by atoms with E-state index in [0.717, 1.165) is 23.4 Å². The number of allylic oxidation sites excluding steroid dienone is 1. The number of hydrogen-bond acceptors (Lipinski definition) is 9. The summed E-state index contributed by atoms with van der Waals surface area (Å²) in [7, 11) is -4.87. The molecule has 1 amide bonds. The molecule has 0 radical (unpaired) electrons. The van der Waals surface area contributed by atoms with Crippen molar-refractivity contribution in [2.45, 2.75) is 32.3 Å². The molecule has 0 spiro atoms. The van der Waals surface area contributed by atoms with Crippen molar-refractivity contribution in [3.8, 4) is 0 Å². The summed E-state index contributed by atoms with van der Waals surface area (Å²) in [6, 6.07) is 1.80. The summed E-state index contributed by atoms with van der Waals surface area (Å²) in [6.45, 7) is 0.535. The maximum Gasteiger partial charge on any atom is 0.490 e. The molecule has 1 aromatic carbocycles. The highest BCUT2D eigenvalue weighted by Gasteiger charge is 2.42. The molecule has 2 unspecified atom stereocenters. The number of aromatic nitrogens is 1. The van der Waals surface area contributed by atoms with Crippen LogP contribution >= 0.6 is 7.75 Å². The fourth-order valence-electron chi connectivity index (χ4n) is 3.88. The van der Waals surface area contributed by atoms with Gasteiger partial charge < -0.3 is 18.7 Å². The van der Waals surface area contributed by atoms with Gasteiger partial charge in [0, 0.05) is 37.7 Å². The molecule has 2 aliphatic rings. The lowest BCUT2D eigenvalue weighted by Gasteiger charge is -2.27.